The van der Waals surface area contributed by atoms with E-state index in [1.807, 2.05) is 6.07 Å². The largest absolute Gasteiger partial charge is 0.444 e. The van der Waals surface area contributed by atoms with Gasteiger partial charge in [0.15, 0.2) is 9.84 Å². The lowest BCUT2D eigenvalue weighted by Gasteiger charge is -2.24. The number of carbonyl (C=O) groups is 2. The highest BCUT2D eigenvalue weighted by Gasteiger charge is 2.43. The van der Waals surface area contributed by atoms with Gasteiger partial charge < -0.3 is 19.9 Å². The van der Waals surface area contributed by atoms with E-state index in [-0.39, 0.29) is 23.4 Å². The highest BCUT2D eigenvalue weighted by Crippen LogP contribution is 2.35. The molecule has 0 saturated heterocycles. The van der Waals surface area contributed by atoms with Crippen molar-refractivity contribution in [2.75, 3.05) is 13.1 Å². The molecule has 1 aliphatic rings. The fourth-order valence-electron chi connectivity index (χ4n) is 3.98. The number of hydrogen-bond donors (Lipinski definition) is 2. The Morgan fingerprint density at radius 2 is 1.65 bits per heavy atom. The Hall–Kier alpha value is -2.62. The lowest BCUT2D eigenvalue weighted by atomic mass is 9.92. The Kier molecular flexibility index (Phi) is 8.03. The number of benzene rings is 1. The third-order valence-corrected chi connectivity index (χ3v) is 8.64. The van der Waals surface area contributed by atoms with Crippen LogP contribution in [-0.4, -0.2) is 53.4 Å². The molecule has 0 radical (unpaired) electrons. The fraction of sp³-hybridized carbons (Fsp3) is 0.667. The maximum Gasteiger partial charge on any atom is 0.407 e. The molecule has 0 atom stereocenters. The third-order valence-electron chi connectivity index (χ3n) is 6.23. The summed E-state index contributed by atoms with van der Waals surface area (Å²) >= 11 is 0. The van der Waals surface area contributed by atoms with E-state index >= 15 is 0 Å². The number of imidazole rings is 1. The Morgan fingerprint density at radius 3 is 2.22 bits per heavy atom. The van der Waals surface area contributed by atoms with E-state index in [1.54, 1.807) is 32.9 Å². The molecule has 10 heteroatoms. The number of nitrogens with zero attached hydrogens (tertiary/aromatic N) is 2. The summed E-state index contributed by atoms with van der Waals surface area (Å²) in [6.07, 6.45) is 2.59. The molecular formula is C27H42N4O5S. The van der Waals surface area contributed by atoms with Gasteiger partial charge in [0.25, 0.3) is 0 Å². The normalized spacial score (nSPS) is 15.0. The number of ether oxygens (including phenoxy) is 1. The molecule has 2 amide bonds. The van der Waals surface area contributed by atoms with Crippen molar-refractivity contribution in [3.05, 3.63) is 24.0 Å². The topological polar surface area (TPSA) is 119 Å². The van der Waals surface area contributed by atoms with Crippen LogP contribution in [0.25, 0.3) is 11.0 Å². The summed E-state index contributed by atoms with van der Waals surface area (Å²) in [5, 5.41) is 5.16. The van der Waals surface area contributed by atoms with Crippen LogP contribution < -0.4 is 10.6 Å². The molecule has 1 aromatic carbocycles. The second-order valence-electron chi connectivity index (χ2n) is 12.7. The fourth-order valence-corrected chi connectivity index (χ4v) is 5.40. The van der Waals surface area contributed by atoms with Gasteiger partial charge in [0.05, 0.1) is 15.9 Å². The molecule has 1 fully saturated rings. The van der Waals surface area contributed by atoms with Crippen molar-refractivity contribution in [2.24, 2.45) is 11.3 Å². The van der Waals surface area contributed by atoms with Gasteiger partial charge >= 0.3 is 6.09 Å². The van der Waals surface area contributed by atoms with Crippen LogP contribution in [0.3, 0.4) is 0 Å². The molecule has 2 N–H and O–H groups in total. The molecule has 0 unspecified atom stereocenters. The highest BCUT2D eigenvalue weighted by atomic mass is 32.2. The number of alkyl carbamates (subject to hydrolysis) is 1. The molecule has 1 heterocycles. The van der Waals surface area contributed by atoms with Crippen LogP contribution >= 0.6 is 0 Å². The smallest absolute Gasteiger partial charge is 0.407 e. The van der Waals surface area contributed by atoms with Crippen molar-refractivity contribution in [3.63, 3.8) is 0 Å². The number of hydrogen-bond acceptors (Lipinski definition) is 6. The number of rotatable bonds is 9. The van der Waals surface area contributed by atoms with Crippen LogP contribution in [0.4, 0.5) is 4.79 Å². The molecule has 9 nitrogen and oxygen atoms in total. The van der Waals surface area contributed by atoms with E-state index in [4.69, 9.17) is 9.72 Å². The van der Waals surface area contributed by atoms with E-state index in [1.165, 1.54) is 26.7 Å². The van der Waals surface area contributed by atoms with Crippen LogP contribution in [0.2, 0.25) is 0 Å². The van der Waals surface area contributed by atoms with Gasteiger partial charge in [-0.05, 0) is 77.0 Å². The number of sulfone groups is 1. The van der Waals surface area contributed by atoms with Gasteiger partial charge in [-0.2, -0.15) is 0 Å². The molecule has 1 aromatic heterocycles. The van der Waals surface area contributed by atoms with Crippen LogP contribution in [0, 0.1) is 11.3 Å². The van der Waals surface area contributed by atoms with Crippen molar-refractivity contribution in [2.45, 2.75) is 96.4 Å². The van der Waals surface area contributed by atoms with Gasteiger partial charge in [-0.25, -0.2) is 18.2 Å². The molecular weight excluding hydrogens is 492 g/mol. The van der Waals surface area contributed by atoms with Crippen LogP contribution in [0.15, 0.2) is 23.1 Å². The minimum Gasteiger partial charge on any atom is -0.444 e. The van der Waals surface area contributed by atoms with Crippen molar-refractivity contribution in [3.8, 4) is 0 Å². The number of carbonyl (C=O) groups excluding carboxylic acids is 2. The summed E-state index contributed by atoms with van der Waals surface area (Å²) in [6, 6.07) is 4.96. The lowest BCUT2D eigenvalue weighted by Crippen LogP contribution is -2.49. The second kappa shape index (κ2) is 10.3. The first-order valence-electron chi connectivity index (χ1n) is 12.9. The Balaban J connectivity index is 1.76. The predicted octanol–water partition coefficient (Wildman–Crippen LogP) is 4.23. The number of nitrogens with one attached hydrogen (secondary N) is 2. The van der Waals surface area contributed by atoms with E-state index in [0.717, 1.165) is 24.3 Å². The molecule has 1 saturated carbocycles. The van der Waals surface area contributed by atoms with Gasteiger partial charge in [0, 0.05) is 26.1 Å². The molecule has 0 bridgehead atoms. The summed E-state index contributed by atoms with van der Waals surface area (Å²) in [6.45, 7) is 15.6. The second-order valence-corrected chi connectivity index (χ2v) is 15.2. The maximum absolute atomic E-state index is 13.6. The monoisotopic (exact) mass is 534 g/mol. The van der Waals surface area contributed by atoms with Gasteiger partial charge in [0.2, 0.25) is 5.91 Å². The van der Waals surface area contributed by atoms with Gasteiger partial charge in [-0.3, -0.25) is 4.79 Å². The molecule has 0 spiro atoms. The first kappa shape index (κ1) is 28.9. The first-order chi connectivity index (χ1) is 16.9. The predicted molar refractivity (Wildman–Crippen MR) is 144 cm³/mol. The molecule has 37 heavy (non-hydrogen) atoms. The Labute approximate surface area is 220 Å². The summed E-state index contributed by atoms with van der Waals surface area (Å²) in [4.78, 5) is 29.6. The highest BCUT2D eigenvalue weighted by molar-refractivity contribution is 7.93. The molecule has 0 aliphatic heterocycles. The number of aromatic nitrogens is 2. The quantitative estimate of drug-likeness (QED) is 0.465. The van der Waals surface area contributed by atoms with Crippen molar-refractivity contribution >= 4 is 32.9 Å². The Morgan fingerprint density at radius 1 is 1.03 bits per heavy atom. The van der Waals surface area contributed by atoms with Crippen molar-refractivity contribution in [1.82, 2.24) is 20.2 Å². The van der Waals surface area contributed by atoms with Crippen LogP contribution in [-0.2, 0) is 32.3 Å². The summed E-state index contributed by atoms with van der Waals surface area (Å²) in [7, 11) is -4.03. The van der Waals surface area contributed by atoms with Gasteiger partial charge in [0.1, 0.15) is 16.2 Å². The summed E-state index contributed by atoms with van der Waals surface area (Å²) in [5.74, 6) is 0.955. The SMILES string of the molecule is CC(C)(C)Cc1nc2cc(S(=O)(=O)C(C)(C)C(=O)NCCNC(=O)OC(C)(C)C)ccc2n1CC1CC1. The Bertz CT molecular complexity index is 1260. The third kappa shape index (κ3) is 7.24. The van der Waals surface area contributed by atoms with Crippen molar-refractivity contribution in [1.29, 1.82) is 0 Å². The summed E-state index contributed by atoms with van der Waals surface area (Å²) < 4.78 is 32.8. The zero-order valence-corrected chi connectivity index (χ0v) is 24.2. The van der Waals surface area contributed by atoms with Gasteiger partial charge in [-0.15, -0.1) is 0 Å². The summed E-state index contributed by atoms with van der Waals surface area (Å²) in [5.41, 5.74) is 0.946. The van der Waals surface area contributed by atoms with Crippen LogP contribution in [0.5, 0.6) is 0 Å². The van der Waals surface area contributed by atoms with Crippen LogP contribution in [0.1, 0.15) is 74.1 Å². The minimum absolute atomic E-state index is 0.0377. The van der Waals surface area contributed by atoms with E-state index in [2.05, 4.69) is 36.0 Å². The minimum atomic E-state index is -4.03. The number of fused-ring (bicyclic) bond motifs is 1. The van der Waals surface area contributed by atoms with E-state index in [0.29, 0.717) is 11.4 Å². The molecule has 206 valence electrons. The lowest BCUT2D eigenvalue weighted by molar-refractivity contribution is -0.122. The average Bonchev–Trinajstić information content (AvgIpc) is 3.50. The zero-order chi connectivity index (χ0) is 27.8. The average molecular weight is 535 g/mol. The first-order valence-corrected chi connectivity index (χ1v) is 14.4. The standard InChI is InChI=1S/C27H42N4O5S/c1-25(2,3)16-22-30-20-15-19(11-12-21(20)31(22)17-18-9-10-18)37(34,35)27(7,8)23(32)28-13-14-29-24(33)36-26(4,5)6/h11-12,15,18H,9-10,13-14,16-17H2,1-8H3,(H,28,32)(H,29,33). The van der Waals surface area contributed by atoms with E-state index < -0.39 is 32.2 Å². The maximum atomic E-state index is 13.6. The molecule has 2 aromatic rings. The number of amides is 2. The zero-order valence-electron chi connectivity index (χ0n) is 23.4. The van der Waals surface area contributed by atoms with E-state index in [9.17, 15) is 18.0 Å². The van der Waals surface area contributed by atoms with Gasteiger partial charge in [-0.1, -0.05) is 20.8 Å². The molecule has 1 aliphatic carbocycles. The molecule has 3 rings (SSSR count). The van der Waals surface area contributed by atoms with Crippen molar-refractivity contribution < 1.29 is 22.7 Å².